The van der Waals surface area contributed by atoms with Gasteiger partial charge in [0.25, 0.3) is 0 Å². The molecule has 108 valence electrons. The number of aryl methyl sites for hydroxylation is 2. The molecular weight excluding hydrogens is 491 g/mol. The van der Waals surface area contributed by atoms with Crippen molar-refractivity contribution in [1.82, 2.24) is 15.5 Å². The first-order chi connectivity index (χ1) is 8.56. The number of amides is 1. The topological polar surface area (TPSA) is 95.1 Å². The van der Waals surface area contributed by atoms with E-state index in [9.17, 15) is 9.59 Å². The average Bonchev–Trinajstić information content (AvgIpc) is 2.71. The Labute approximate surface area is 104 Å². The Bertz CT molecular complexity index is 554. The van der Waals surface area contributed by atoms with E-state index in [0.29, 0.717) is 0 Å². The second-order valence-electron chi connectivity index (χ2n) is 3.67. The van der Waals surface area contributed by atoms with E-state index in [4.69, 9.17) is 5.11 Å². The minimum absolute atomic E-state index is 0. The number of rotatable bonds is 3. The fourth-order valence-corrected chi connectivity index (χ4v) is 1.42. The van der Waals surface area contributed by atoms with Gasteiger partial charge in [0, 0.05) is 11.1 Å². The first-order valence-electron chi connectivity index (χ1n) is 5.28. The molecule has 0 atom stereocenters. The van der Waals surface area contributed by atoms with Crippen molar-refractivity contribution in [1.29, 1.82) is 0 Å². The summed E-state index contributed by atoms with van der Waals surface area (Å²) in [6.45, 7) is 3.75. The second-order valence-corrected chi connectivity index (χ2v) is 3.67. The molecule has 19 heavy (non-hydrogen) atoms. The number of carboxylic acid groups (broad SMARTS) is 1. The van der Waals surface area contributed by atoms with Crippen LogP contribution in [0, 0.1) is 13.8 Å². The van der Waals surface area contributed by atoms with Crippen LogP contribution in [0.4, 0.5) is 0 Å². The number of hydrogen-bond acceptors (Lipinski definition) is 3. The summed E-state index contributed by atoms with van der Waals surface area (Å²) in [5.74, 6) is -1.07. The van der Waals surface area contributed by atoms with Gasteiger partial charge in [-0.1, -0.05) is 18.2 Å². The van der Waals surface area contributed by atoms with Crippen LogP contribution in [0.15, 0.2) is 18.2 Å². The monoisotopic (exact) mass is 505 g/mol. The minimum Gasteiger partial charge on any atom is -0.521 e. The van der Waals surface area contributed by atoms with Crippen molar-refractivity contribution >= 4 is 23.3 Å². The van der Waals surface area contributed by atoms with Gasteiger partial charge in [-0.15, -0.1) is 0 Å². The van der Waals surface area contributed by atoms with Gasteiger partial charge in [-0.2, -0.15) is 11.5 Å². The summed E-state index contributed by atoms with van der Waals surface area (Å²) in [6, 6.07) is 6.21. The molecular formula is C12H14FmN3O3-. The zero-order chi connectivity index (χ0) is 13.5. The van der Waals surface area contributed by atoms with Crippen molar-refractivity contribution in [2.75, 3.05) is 6.54 Å². The summed E-state index contributed by atoms with van der Waals surface area (Å²) in [4.78, 5) is 18.7. The predicted molar refractivity (Wildman–Crippen MR) is 66.9 cm³/mol. The Morgan fingerprint density at radius 3 is 2.63 bits per heavy atom. The number of fused-ring (bicyclic) bond motifs is 1. The maximum absolute atomic E-state index is 9.52. The van der Waals surface area contributed by atoms with Gasteiger partial charge in [-0.3, -0.25) is 9.89 Å². The van der Waals surface area contributed by atoms with Crippen molar-refractivity contribution in [3.63, 3.8) is 0 Å². The number of H-pyrrole nitrogens is 1. The molecule has 0 radical (unpaired) electrons. The fraction of sp³-hybridized carbons (Fsp3) is 0.250. The number of aliphatic carboxylic acids is 1. The van der Waals surface area contributed by atoms with E-state index >= 15 is 0 Å². The average molecular weight is 505 g/mol. The van der Waals surface area contributed by atoms with Gasteiger partial charge in [0.15, 0.2) is 0 Å². The van der Waals surface area contributed by atoms with E-state index in [1.165, 1.54) is 17.4 Å². The van der Waals surface area contributed by atoms with Gasteiger partial charge in [-0.25, -0.2) is 0 Å². The number of aromatic amines is 1. The molecule has 0 aliphatic carbocycles. The van der Waals surface area contributed by atoms with Crippen LogP contribution in [0.5, 0.6) is 0 Å². The standard InChI is InChI=1S/C9H10N2.C3H4NO3.Fm/c1-6-4-3-5-8-7(2)10-11-9(6)8;5-2-4-1-3(6)7;/h3-5H,1-2H3,(H,10,11);1H2,(H,4,5)(H,6,7);/q;-1;. The third kappa shape index (κ3) is 4.18. The molecule has 0 saturated carbocycles. The van der Waals surface area contributed by atoms with Crippen molar-refractivity contribution in [3.8, 4) is 0 Å². The molecule has 1 amide bonds. The molecule has 1 aromatic carbocycles. The summed E-state index contributed by atoms with van der Waals surface area (Å²) in [6.07, 6.45) is 1.22. The number of para-hydroxylation sites is 1. The van der Waals surface area contributed by atoms with E-state index in [1.807, 2.05) is 12.2 Å². The van der Waals surface area contributed by atoms with Crippen LogP contribution in [0.1, 0.15) is 11.3 Å². The van der Waals surface area contributed by atoms with Crippen LogP contribution >= 0.6 is 0 Å². The zero-order valence-electron chi connectivity index (χ0n) is 10.4. The van der Waals surface area contributed by atoms with Crippen molar-refractivity contribution in [2.45, 2.75) is 13.8 Å². The largest absolute Gasteiger partial charge is 0.521 e. The van der Waals surface area contributed by atoms with Crippen LogP contribution in [-0.4, -0.2) is 34.2 Å². The summed E-state index contributed by atoms with van der Waals surface area (Å²) in [7, 11) is 0. The normalized spacial score (nSPS) is 8.95. The van der Waals surface area contributed by atoms with E-state index in [1.54, 1.807) is 0 Å². The Kier molecular flexibility index (Phi) is 5.80. The number of hydrogen-bond donors (Lipinski definition) is 3. The minimum atomic E-state index is -1.07. The van der Waals surface area contributed by atoms with Crippen molar-refractivity contribution < 1.29 is 14.7 Å². The third-order valence-electron chi connectivity index (χ3n) is 2.29. The molecule has 6 nitrogen and oxygen atoms in total. The molecule has 0 saturated heterocycles. The van der Waals surface area contributed by atoms with Crippen LogP contribution in [0.2, 0.25) is 0 Å². The number of aromatic nitrogens is 2. The Balaban J connectivity index is 0.000000360. The number of carbonyl (C=O) groups excluding carboxylic acids is 1. The van der Waals surface area contributed by atoms with E-state index in [-0.39, 0.29) is 6.54 Å². The van der Waals surface area contributed by atoms with E-state index in [2.05, 4.69) is 35.3 Å². The van der Waals surface area contributed by atoms with Gasteiger partial charge in [0.2, 0.25) is 0 Å². The van der Waals surface area contributed by atoms with Crippen LogP contribution < -0.4 is 5.32 Å². The zero-order valence-corrected chi connectivity index (χ0v) is 12.8. The SMILES string of the molecule is Cc1[nH]nc2c(C)cccc12.O=[C-]NCC(=O)O.[Fm]. The molecule has 0 bridgehead atoms. The number of benzene rings is 1. The predicted octanol–water partition coefficient (Wildman–Crippen LogP) is 0.908. The first-order valence-corrected chi connectivity index (χ1v) is 5.28. The van der Waals surface area contributed by atoms with Crippen molar-refractivity contribution in [3.05, 3.63) is 29.5 Å². The summed E-state index contributed by atoms with van der Waals surface area (Å²) >= 11 is 0. The van der Waals surface area contributed by atoms with Crippen molar-refractivity contribution in [2.24, 2.45) is 0 Å². The smallest absolute Gasteiger partial charge is 0.320 e. The Hall–Kier alpha value is -3.37. The van der Waals surface area contributed by atoms with Gasteiger partial charge in [-0.05, 0) is 19.4 Å². The van der Waals surface area contributed by atoms with Crippen LogP contribution in [0.3, 0.4) is 0 Å². The first kappa shape index (κ1) is 15.6. The molecule has 2 rings (SSSR count). The number of carboxylic acids is 1. The molecule has 0 aliphatic heterocycles. The van der Waals surface area contributed by atoms with Crippen LogP contribution in [0.25, 0.3) is 10.9 Å². The van der Waals surface area contributed by atoms with E-state index < -0.39 is 5.97 Å². The molecule has 1 heterocycles. The van der Waals surface area contributed by atoms with E-state index in [0.717, 1.165) is 11.2 Å². The quantitative estimate of drug-likeness (QED) is 0.427. The van der Waals surface area contributed by atoms with Gasteiger partial charge >= 0.3 is 5.97 Å². The maximum Gasteiger partial charge on any atom is 0.320 e. The third-order valence-corrected chi connectivity index (χ3v) is 2.29. The molecule has 0 unspecified atom stereocenters. The summed E-state index contributed by atoms with van der Waals surface area (Å²) in [5, 5.41) is 18.0. The summed E-state index contributed by atoms with van der Waals surface area (Å²) in [5.41, 5.74) is 3.46. The Morgan fingerprint density at radius 1 is 1.47 bits per heavy atom. The molecule has 7 heteroatoms. The molecule has 1 aromatic heterocycles. The number of carbonyl (C=O) groups is 1. The number of nitrogens with zero attached hydrogens (tertiary/aromatic N) is 1. The molecule has 3 N–H and O–H groups in total. The van der Waals surface area contributed by atoms with Gasteiger partial charge in [0.05, 0.1) is 12.1 Å². The van der Waals surface area contributed by atoms with Gasteiger partial charge < -0.3 is 15.2 Å². The van der Waals surface area contributed by atoms with Crippen LogP contribution in [-0.2, 0) is 9.59 Å². The molecule has 0 spiro atoms. The maximum atomic E-state index is 9.52. The second kappa shape index (κ2) is 7.05. The van der Waals surface area contributed by atoms with Gasteiger partial charge in [0.1, 0.15) is 0 Å². The molecule has 2 aromatic rings. The molecule has 0 fully saturated rings. The Morgan fingerprint density at radius 2 is 2.16 bits per heavy atom. The summed E-state index contributed by atoms with van der Waals surface area (Å²) < 4.78 is 0. The number of nitrogens with one attached hydrogen (secondary N) is 2. The fourth-order valence-electron chi connectivity index (χ4n) is 1.42. The molecule has 0 aliphatic rings.